The number of rotatable bonds is 4. The highest BCUT2D eigenvalue weighted by molar-refractivity contribution is 5.77. The van der Waals surface area contributed by atoms with Crippen molar-refractivity contribution in [2.45, 2.75) is 19.3 Å². The molecule has 1 aromatic carbocycles. The molecular weight excluding hydrogens is 222 g/mol. The maximum atomic E-state index is 11.4. The molecule has 0 heterocycles. The molecule has 0 unspecified atom stereocenters. The van der Waals surface area contributed by atoms with E-state index in [4.69, 9.17) is 4.74 Å². The molecule has 1 aliphatic carbocycles. The van der Waals surface area contributed by atoms with Gasteiger partial charge < -0.3 is 4.74 Å². The predicted octanol–water partition coefficient (Wildman–Crippen LogP) is 2.26. The van der Waals surface area contributed by atoms with Crippen LogP contribution < -0.4 is 0 Å². The Balaban J connectivity index is 2.01. The number of nitro groups is 1. The molecule has 0 amide bonds. The van der Waals surface area contributed by atoms with E-state index in [1.807, 2.05) is 0 Å². The standard InChI is InChI=1S/C12H13NO4/c1-2-17-12(14)11-7-10(11)8-3-5-9(6-4-8)13(15)16/h3-6,10-11H,2,7H2,1H3/t10-,11+/m0/s1. The summed E-state index contributed by atoms with van der Waals surface area (Å²) in [6.45, 7) is 2.17. The first-order valence-corrected chi connectivity index (χ1v) is 5.54. The van der Waals surface area contributed by atoms with Crippen molar-refractivity contribution in [1.29, 1.82) is 0 Å². The fraction of sp³-hybridized carbons (Fsp3) is 0.417. The summed E-state index contributed by atoms with van der Waals surface area (Å²) in [5.74, 6) is -0.0814. The van der Waals surface area contributed by atoms with E-state index in [2.05, 4.69) is 0 Å². The van der Waals surface area contributed by atoms with Crippen LogP contribution in [0, 0.1) is 16.0 Å². The zero-order valence-electron chi connectivity index (χ0n) is 9.46. The van der Waals surface area contributed by atoms with E-state index in [0.29, 0.717) is 6.61 Å². The Morgan fingerprint density at radius 3 is 2.65 bits per heavy atom. The molecular formula is C12H13NO4. The smallest absolute Gasteiger partial charge is 0.309 e. The SMILES string of the molecule is CCOC(=O)[C@@H]1C[C@H]1c1ccc([N+](=O)[O-])cc1. The van der Waals surface area contributed by atoms with Crippen LogP contribution in [0.5, 0.6) is 0 Å². The minimum atomic E-state index is -0.431. The monoisotopic (exact) mass is 235 g/mol. The number of non-ortho nitro benzene ring substituents is 1. The molecule has 5 heteroatoms. The molecule has 0 radical (unpaired) electrons. The number of nitrogens with zero attached hydrogens (tertiary/aromatic N) is 1. The Labute approximate surface area is 98.5 Å². The van der Waals surface area contributed by atoms with Gasteiger partial charge in [0.15, 0.2) is 0 Å². The van der Waals surface area contributed by atoms with Crippen LogP contribution >= 0.6 is 0 Å². The molecule has 0 saturated heterocycles. The lowest BCUT2D eigenvalue weighted by atomic mass is 10.1. The molecule has 1 fully saturated rings. The number of carbonyl (C=O) groups excluding carboxylic acids is 1. The van der Waals surface area contributed by atoms with E-state index in [-0.39, 0.29) is 23.5 Å². The van der Waals surface area contributed by atoms with Crippen LogP contribution in [0.3, 0.4) is 0 Å². The summed E-state index contributed by atoms with van der Waals surface area (Å²) in [4.78, 5) is 21.5. The van der Waals surface area contributed by atoms with E-state index < -0.39 is 4.92 Å². The molecule has 90 valence electrons. The largest absolute Gasteiger partial charge is 0.466 e. The lowest BCUT2D eigenvalue weighted by molar-refractivity contribution is -0.384. The topological polar surface area (TPSA) is 69.4 Å². The second-order valence-electron chi connectivity index (χ2n) is 4.05. The van der Waals surface area contributed by atoms with Crippen molar-refractivity contribution in [2.24, 2.45) is 5.92 Å². The third-order valence-corrected chi connectivity index (χ3v) is 2.91. The molecule has 0 aromatic heterocycles. The summed E-state index contributed by atoms with van der Waals surface area (Å²) in [7, 11) is 0. The summed E-state index contributed by atoms with van der Waals surface area (Å²) in [6, 6.07) is 6.36. The van der Waals surface area contributed by atoms with E-state index in [1.54, 1.807) is 19.1 Å². The average Bonchev–Trinajstić information content (AvgIpc) is 3.09. The van der Waals surface area contributed by atoms with Gasteiger partial charge in [0, 0.05) is 12.1 Å². The Hall–Kier alpha value is -1.91. The fourth-order valence-corrected chi connectivity index (χ4v) is 1.92. The van der Waals surface area contributed by atoms with E-state index in [0.717, 1.165) is 12.0 Å². The Morgan fingerprint density at radius 2 is 2.12 bits per heavy atom. The van der Waals surface area contributed by atoms with Crippen LogP contribution in [-0.2, 0) is 9.53 Å². The van der Waals surface area contributed by atoms with Crippen molar-refractivity contribution >= 4 is 11.7 Å². The zero-order chi connectivity index (χ0) is 12.4. The highest BCUT2D eigenvalue weighted by Gasteiger charge is 2.45. The molecule has 1 aromatic rings. The van der Waals surface area contributed by atoms with Crippen LogP contribution in [0.4, 0.5) is 5.69 Å². The first kappa shape index (κ1) is 11.6. The maximum Gasteiger partial charge on any atom is 0.309 e. The van der Waals surface area contributed by atoms with Crippen molar-refractivity contribution in [1.82, 2.24) is 0 Å². The summed E-state index contributed by atoms with van der Waals surface area (Å²) in [5.41, 5.74) is 1.04. The lowest BCUT2D eigenvalue weighted by Gasteiger charge is -2.01. The zero-order valence-corrected chi connectivity index (χ0v) is 9.46. The number of carbonyl (C=O) groups is 1. The Bertz CT molecular complexity index is 440. The molecule has 0 spiro atoms. The normalized spacial score (nSPS) is 21.9. The third-order valence-electron chi connectivity index (χ3n) is 2.91. The third kappa shape index (κ3) is 2.43. The number of nitro benzene ring substituents is 1. The molecule has 5 nitrogen and oxygen atoms in total. The van der Waals surface area contributed by atoms with Crippen LogP contribution in [0.25, 0.3) is 0 Å². The lowest BCUT2D eigenvalue weighted by Crippen LogP contribution is -2.07. The van der Waals surface area contributed by atoms with Crippen molar-refractivity contribution in [3.8, 4) is 0 Å². The van der Waals surface area contributed by atoms with Gasteiger partial charge in [0.25, 0.3) is 5.69 Å². The van der Waals surface area contributed by atoms with Gasteiger partial charge in [-0.2, -0.15) is 0 Å². The first-order chi connectivity index (χ1) is 8.13. The summed E-state index contributed by atoms with van der Waals surface area (Å²) in [6.07, 6.45) is 0.774. The number of benzene rings is 1. The number of esters is 1. The average molecular weight is 235 g/mol. The molecule has 1 aliphatic rings. The van der Waals surface area contributed by atoms with Crippen LogP contribution in [0.15, 0.2) is 24.3 Å². The van der Waals surface area contributed by atoms with Gasteiger partial charge in [-0.25, -0.2) is 0 Å². The number of ether oxygens (including phenoxy) is 1. The number of hydrogen-bond acceptors (Lipinski definition) is 4. The minimum Gasteiger partial charge on any atom is -0.466 e. The molecule has 0 aliphatic heterocycles. The van der Waals surface area contributed by atoms with Crippen LogP contribution in [-0.4, -0.2) is 17.5 Å². The highest BCUT2D eigenvalue weighted by Crippen LogP contribution is 2.48. The second-order valence-corrected chi connectivity index (χ2v) is 4.05. The van der Waals surface area contributed by atoms with Crippen LogP contribution in [0.2, 0.25) is 0 Å². The van der Waals surface area contributed by atoms with Gasteiger partial charge in [-0.3, -0.25) is 14.9 Å². The summed E-state index contributed by atoms with van der Waals surface area (Å²) >= 11 is 0. The second kappa shape index (κ2) is 4.53. The Morgan fingerprint density at radius 1 is 1.47 bits per heavy atom. The van der Waals surface area contributed by atoms with Gasteiger partial charge in [0.1, 0.15) is 0 Å². The highest BCUT2D eigenvalue weighted by atomic mass is 16.6. The van der Waals surface area contributed by atoms with Crippen molar-refractivity contribution < 1.29 is 14.5 Å². The van der Waals surface area contributed by atoms with E-state index >= 15 is 0 Å². The van der Waals surface area contributed by atoms with E-state index in [1.165, 1.54) is 12.1 Å². The maximum absolute atomic E-state index is 11.4. The van der Waals surface area contributed by atoms with Gasteiger partial charge >= 0.3 is 5.97 Å². The summed E-state index contributed by atoms with van der Waals surface area (Å²) in [5, 5.41) is 10.5. The van der Waals surface area contributed by atoms with Gasteiger partial charge in [0.05, 0.1) is 17.4 Å². The molecule has 17 heavy (non-hydrogen) atoms. The van der Waals surface area contributed by atoms with Crippen LogP contribution in [0.1, 0.15) is 24.8 Å². The molecule has 2 atom stereocenters. The Kier molecular flexibility index (Phi) is 3.08. The van der Waals surface area contributed by atoms with Gasteiger partial charge in [-0.15, -0.1) is 0 Å². The number of hydrogen-bond donors (Lipinski definition) is 0. The van der Waals surface area contributed by atoms with Crippen molar-refractivity contribution in [3.63, 3.8) is 0 Å². The van der Waals surface area contributed by atoms with Crippen molar-refractivity contribution in [2.75, 3.05) is 6.61 Å². The van der Waals surface area contributed by atoms with Crippen molar-refractivity contribution in [3.05, 3.63) is 39.9 Å². The fourth-order valence-electron chi connectivity index (χ4n) is 1.92. The molecule has 1 saturated carbocycles. The predicted molar refractivity (Wildman–Crippen MR) is 60.6 cm³/mol. The van der Waals surface area contributed by atoms with Gasteiger partial charge in [-0.1, -0.05) is 12.1 Å². The summed E-state index contributed by atoms with van der Waals surface area (Å²) < 4.78 is 4.93. The minimum absolute atomic E-state index is 0.0714. The molecule has 2 rings (SSSR count). The molecule has 0 N–H and O–H groups in total. The molecule has 0 bridgehead atoms. The first-order valence-electron chi connectivity index (χ1n) is 5.54. The van der Waals surface area contributed by atoms with Gasteiger partial charge in [0.2, 0.25) is 0 Å². The quantitative estimate of drug-likeness (QED) is 0.456. The van der Waals surface area contributed by atoms with E-state index in [9.17, 15) is 14.9 Å². The van der Waals surface area contributed by atoms with Gasteiger partial charge in [-0.05, 0) is 24.8 Å².